The van der Waals surface area contributed by atoms with Crippen LogP contribution in [0.15, 0.2) is 43.9 Å². The number of furan rings is 1. The van der Waals surface area contributed by atoms with Crippen LogP contribution < -0.4 is 16.0 Å². The molecule has 0 aliphatic heterocycles. The number of hydrogen-bond acceptors (Lipinski definition) is 4. The first-order valence-electron chi connectivity index (χ1n) is 5.19. The molecule has 0 fully saturated rings. The fourth-order valence-electron chi connectivity index (χ4n) is 1.74. The van der Waals surface area contributed by atoms with E-state index in [2.05, 4.69) is 37.3 Å². The Kier molecular flexibility index (Phi) is 4.45. The van der Waals surface area contributed by atoms with Gasteiger partial charge in [0.2, 0.25) is 0 Å². The van der Waals surface area contributed by atoms with Gasteiger partial charge in [-0.3, -0.25) is 5.84 Å². The van der Waals surface area contributed by atoms with E-state index in [0.29, 0.717) is 5.76 Å². The Labute approximate surface area is 122 Å². The second kappa shape index (κ2) is 5.88. The number of benzene rings is 1. The van der Waals surface area contributed by atoms with Crippen LogP contribution in [0.3, 0.4) is 0 Å². The van der Waals surface area contributed by atoms with Crippen molar-refractivity contribution in [3.05, 3.63) is 50.8 Å². The van der Waals surface area contributed by atoms with Crippen LogP contribution in [0.2, 0.25) is 0 Å². The standard InChI is InChI=1S/C12H12Br2N2O2/c1-17-10-6-7(13)2-3-8(10)11(16-15)12-9(14)4-5-18-12/h2-6,11,16H,15H2,1H3. The molecule has 18 heavy (non-hydrogen) atoms. The van der Waals surface area contributed by atoms with Crippen LogP contribution >= 0.6 is 31.9 Å². The Morgan fingerprint density at radius 3 is 2.67 bits per heavy atom. The number of nitrogens with two attached hydrogens (primary N) is 1. The minimum Gasteiger partial charge on any atom is -0.496 e. The van der Waals surface area contributed by atoms with Gasteiger partial charge in [-0.2, -0.15) is 0 Å². The van der Waals surface area contributed by atoms with Gasteiger partial charge in [0.25, 0.3) is 0 Å². The largest absolute Gasteiger partial charge is 0.496 e. The fraction of sp³-hybridized carbons (Fsp3) is 0.167. The Morgan fingerprint density at radius 2 is 2.11 bits per heavy atom. The summed E-state index contributed by atoms with van der Waals surface area (Å²) in [6, 6.07) is 7.29. The number of hydrazine groups is 1. The van der Waals surface area contributed by atoms with Gasteiger partial charge >= 0.3 is 0 Å². The summed E-state index contributed by atoms with van der Waals surface area (Å²) in [7, 11) is 1.62. The van der Waals surface area contributed by atoms with Crippen LogP contribution in [0.1, 0.15) is 17.4 Å². The predicted octanol–water partition coefficient (Wildman–Crippen LogP) is 3.37. The average molecular weight is 376 g/mol. The lowest BCUT2D eigenvalue weighted by molar-refractivity contribution is 0.393. The van der Waals surface area contributed by atoms with Crippen molar-refractivity contribution in [2.45, 2.75) is 6.04 Å². The minimum atomic E-state index is -0.280. The molecule has 0 spiro atoms. The molecule has 1 aromatic heterocycles. The van der Waals surface area contributed by atoms with E-state index < -0.39 is 0 Å². The lowest BCUT2D eigenvalue weighted by atomic mass is 10.0. The van der Waals surface area contributed by atoms with Gasteiger partial charge < -0.3 is 9.15 Å². The molecule has 96 valence electrons. The predicted molar refractivity (Wildman–Crippen MR) is 76.3 cm³/mol. The van der Waals surface area contributed by atoms with Gasteiger partial charge in [0.15, 0.2) is 0 Å². The van der Waals surface area contributed by atoms with E-state index in [1.54, 1.807) is 13.4 Å². The highest BCUT2D eigenvalue weighted by Crippen LogP contribution is 2.35. The van der Waals surface area contributed by atoms with Crippen molar-refractivity contribution < 1.29 is 9.15 Å². The molecule has 1 heterocycles. The smallest absolute Gasteiger partial charge is 0.140 e. The minimum absolute atomic E-state index is 0.280. The van der Waals surface area contributed by atoms with E-state index in [9.17, 15) is 0 Å². The molecule has 0 aliphatic rings. The number of halogens is 2. The fourth-order valence-corrected chi connectivity index (χ4v) is 2.51. The summed E-state index contributed by atoms with van der Waals surface area (Å²) in [4.78, 5) is 0. The third-order valence-electron chi connectivity index (χ3n) is 2.58. The maximum absolute atomic E-state index is 5.63. The summed E-state index contributed by atoms with van der Waals surface area (Å²) in [5.41, 5.74) is 3.64. The van der Waals surface area contributed by atoms with Gasteiger partial charge in [-0.05, 0) is 34.1 Å². The zero-order valence-electron chi connectivity index (χ0n) is 9.61. The van der Waals surface area contributed by atoms with E-state index in [4.69, 9.17) is 15.0 Å². The lowest BCUT2D eigenvalue weighted by Gasteiger charge is -2.17. The molecule has 1 aromatic carbocycles. The highest BCUT2D eigenvalue weighted by atomic mass is 79.9. The van der Waals surface area contributed by atoms with Crippen LogP contribution in [0, 0.1) is 0 Å². The van der Waals surface area contributed by atoms with Crippen LogP contribution in [-0.2, 0) is 0 Å². The summed E-state index contributed by atoms with van der Waals surface area (Å²) < 4.78 is 12.6. The molecule has 0 saturated heterocycles. The van der Waals surface area contributed by atoms with E-state index in [1.165, 1.54) is 0 Å². The lowest BCUT2D eigenvalue weighted by Crippen LogP contribution is -2.29. The molecule has 1 unspecified atom stereocenters. The summed E-state index contributed by atoms with van der Waals surface area (Å²) in [6.45, 7) is 0. The third kappa shape index (κ3) is 2.61. The van der Waals surface area contributed by atoms with Crippen molar-refractivity contribution in [1.29, 1.82) is 0 Å². The van der Waals surface area contributed by atoms with Gasteiger partial charge in [0, 0.05) is 10.0 Å². The summed E-state index contributed by atoms with van der Waals surface area (Å²) in [5, 5.41) is 0. The number of rotatable bonds is 4. The quantitative estimate of drug-likeness (QED) is 0.635. The van der Waals surface area contributed by atoms with Gasteiger partial charge in [-0.15, -0.1) is 0 Å². The zero-order chi connectivity index (χ0) is 13.1. The van der Waals surface area contributed by atoms with Crippen LogP contribution in [0.5, 0.6) is 5.75 Å². The number of methoxy groups -OCH3 is 1. The number of nitrogens with one attached hydrogen (secondary N) is 1. The molecule has 6 heteroatoms. The molecule has 0 radical (unpaired) electrons. The van der Waals surface area contributed by atoms with Crippen LogP contribution in [0.4, 0.5) is 0 Å². The first kappa shape index (κ1) is 13.6. The second-order valence-electron chi connectivity index (χ2n) is 3.62. The van der Waals surface area contributed by atoms with E-state index in [-0.39, 0.29) is 6.04 Å². The van der Waals surface area contributed by atoms with Crippen molar-refractivity contribution in [1.82, 2.24) is 5.43 Å². The van der Waals surface area contributed by atoms with Gasteiger partial charge in [-0.25, -0.2) is 5.43 Å². The van der Waals surface area contributed by atoms with Crippen molar-refractivity contribution in [2.75, 3.05) is 7.11 Å². The Hall–Kier alpha value is -0.820. The molecule has 0 bridgehead atoms. The first-order chi connectivity index (χ1) is 8.67. The molecule has 3 N–H and O–H groups in total. The number of ether oxygens (including phenoxy) is 1. The SMILES string of the molecule is COc1cc(Br)ccc1C(NN)c1occc1Br. The summed E-state index contributed by atoms with van der Waals surface area (Å²) in [6.07, 6.45) is 1.61. The molecule has 0 saturated carbocycles. The molecule has 0 aliphatic carbocycles. The summed E-state index contributed by atoms with van der Waals surface area (Å²) >= 11 is 6.83. The topological polar surface area (TPSA) is 60.4 Å². The number of hydrogen-bond donors (Lipinski definition) is 2. The Morgan fingerprint density at radius 1 is 1.33 bits per heavy atom. The first-order valence-corrected chi connectivity index (χ1v) is 6.78. The van der Waals surface area contributed by atoms with E-state index >= 15 is 0 Å². The molecule has 2 rings (SSSR count). The van der Waals surface area contributed by atoms with Gasteiger partial charge in [0.05, 0.1) is 17.8 Å². The maximum Gasteiger partial charge on any atom is 0.140 e. The van der Waals surface area contributed by atoms with E-state index in [1.807, 2.05) is 24.3 Å². The van der Waals surface area contributed by atoms with Crippen molar-refractivity contribution >= 4 is 31.9 Å². The van der Waals surface area contributed by atoms with Crippen LogP contribution in [-0.4, -0.2) is 7.11 Å². The Balaban J connectivity index is 2.48. The molecular weight excluding hydrogens is 364 g/mol. The van der Waals surface area contributed by atoms with Crippen molar-refractivity contribution in [3.63, 3.8) is 0 Å². The highest BCUT2D eigenvalue weighted by Gasteiger charge is 2.22. The maximum atomic E-state index is 5.63. The normalized spacial score (nSPS) is 12.4. The highest BCUT2D eigenvalue weighted by molar-refractivity contribution is 9.10. The molecule has 4 nitrogen and oxygen atoms in total. The van der Waals surface area contributed by atoms with Crippen LogP contribution in [0.25, 0.3) is 0 Å². The van der Waals surface area contributed by atoms with Gasteiger partial charge in [0.1, 0.15) is 17.6 Å². The Bertz CT molecular complexity index is 543. The second-order valence-corrected chi connectivity index (χ2v) is 5.39. The van der Waals surface area contributed by atoms with E-state index in [0.717, 1.165) is 20.3 Å². The molecule has 2 aromatic rings. The monoisotopic (exact) mass is 374 g/mol. The third-order valence-corrected chi connectivity index (χ3v) is 3.73. The summed E-state index contributed by atoms with van der Waals surface area (Å²) in [5.74, 6) is 7.07. The van der Waals surface area contributed by atoms with Crippen molar-refractivity contribution in [2.24, 2.45) is 5.84 Å². The molecule has 1 atom stereocenters. The molecular formula is C12H12Br2N2O2. The zero-order valence-corrected chi connectivity index (χ0v) is 12.8. The van der Waals surface area contributed by atoms with Gasteiger partial charge in [-0.1, -0.05) is 22.0 Å². The average Bonchev–Trinajstić information content (AvgIpc) is 2.78. The molecule has 0 amide bonds. The van der Waals surface area contributed by atoms with Crippen molar-refractivity contribution in [3.8, 4) is 5.75 Å².